The van der Waals surface area contributed by atoms with Crippen LogP contribution in [0.25, 0.3) is 0 Å². The molecule has 1 heteroatoms. The van der Waals surface area contributed by atoms with Gasteiger partial charge in [-0.05, 0) is 48.3 Å². The third kappa shape index (κ3) is 2.40. The van der Waals surface area contributed by atoms with Crippen molar-refractivity contribution in [1.29, 1.82) is 0 Å². The molecular formula is C14H21N. The first-order valence-corrected chi connectivity index (χ1v) is 5.94. The van der Waals surface area contributed by atoms with Crippen LogP contribution < -0.4 is 5.73 Å². The summed E-state index contributed by atoms with van der Waals surface area (Å²) in [6.45, 7) is 5.31. The van der Waals surface area contributed by atoms with Crippen LogP contribution in [-0.4, -0.2) is 6.54 Å². The SMILES string of the molecule is CC(C)c1ccc(CC2(CN)CC2)cc1. The molecule has 0 amide bonds. The molecule has 0 bridgehead atoms. The summed E-state index contributed by atoms with van der Waals surface area (Å²) in [7, 11) is 0. The van der Waals surface area contributed by atoms with Gasteiger partial charge in [-0.25, -0.2) is 0 Å². The van der Waals surface area contributed by atoms with E-state index in [1.165, 1.54) is 30.4 Å². The summed E-state index contributed by atoms with van der Waals surface area (Å²) >= 11 is 0. The first-order valence-electron chi connectivity index (χ1n) is 5.94. The summed E-state index contributed by atoms with van der Waals surface area (Å²) < 4.78 is 0. The highest BCUT2D eigenvalue weighted by molar-refractivity contribution is 5.26. The zero-order valence-corrected chi connectivity index (χ0v) is 9.79. The lowest BCUT2D eigenvalue weighted by atomic mass is 9.94. The molecule has 0 aromatic heterocycles. The second kappa shape index (κ2) is 3.97. The highest BCUT2D eigenvalue weighted by Gasteiger charge is 2.40. The van der Waals surface area contributed by atoms with Gasteiger partial charge in [0.15, 0.2) is 0 Å². The molecular weight excluding hydrogens is 182 g/mol. The van der Waals surface area contributed by atoms with Crippen molar-refractivity contribution in [2.75, 3.05) is 6.54 Å². The fraction of sp³-hybridized carbons (Fsp3) is 0.571. The van der Waals surface area contributed by atoms with Crippen LogP contribution in [-0.2, 0) is 6.42 Å². The van der Waals surface area contributed by atoms with Gasteiger partial charge < -0.3 is 5.73 Å². The quantitative estimate of drug-likeness (QED) is 0.799. The van der Waals surface area contributed by atoms with Crippen LogP contribution in [0.4, 0.5) is 0 Å². The molecule has 1 aromatic rings. The van der Waals surface area contributed by atoms with Gasteiger partial charge in [-0.3, -0.25) is 0 Å². The van der Waals surface area contributed by atoms with E-state index in [0.29, 0.717) is 11.3 Å². The van der Waals surface area contributed by atoms with Crippen molar-refractivity contribution in [2.24, 2.45) is 11.1 Å². The predicted molar refractivity (Wildman–Crippen MR) is 65.0 cm³/mol. The first-order chi connectivity index (χ1) is 7.15. The molecule has 0 spiro atoms. The van der Waals surface area contributed by atoms with Gasteiger partial charge in [-0.15, -0.1) is 0 Å². The van der Waals surface area contributed by atoms with Gasteiger partial charge >= 0.3 is 0 Å². The Bertz CT molecular complexity index is 320. The Morgan fingerprint density at radius 3 is 2.20 bits per heavy atom. The Labute approximate surface area is 92.7 Å². The van der Waals surface area contributed by atoms with Crippen molar-refractivity contribution in [3.63, 3.8) is 0 Å². The van der Waals surface area contributed by atoms with Crippen molar-refractivity contribution in [1.82, 2.24) is 0 Å². The summed E-state index contributed by atoms with van der Waals surface area (Å²) in [5.41, 5.74) is 9.13. The Balaban J connectivity index is 2.04. The van der Waals surface area contributed by atoms with E-state index in [0.717, 1.165) is 6.54 Å². The molecule has 1 aromatic carbocycles. The van der Waals surface area contributed by atoms with Gasteiger partial charge in [0, 0.05) is 0 Å². The molecule has 1 saturated carbocycles. The normalized spacial score (nSPS) is 18.1. The summed E-state index contributed by atoms with van der Waals surface area (Å²) in [5, 5.41) is 0. The van der Waals surface area contributed by atoms with Gasteiger partial charge in [0.05, 0.1) is 0 Å². The smallest absolute Gasteiger partial charge is 0.00173 e. The van der Waals surface area contributed by atoms with E-state index in [9.17, 15) is 0 Å². The lowest BCUT2D eigenvalue weighted by Gasteiger charge is -2.13. The maximum Gasteiger partial charge on any atom is -0.00173 e. The molecule has 82 valence electrons. The Hall–Kier alpha value is -0.820. The van der Waals surface area contributed by atoms with Crippen LogP contribution in [0.2, 0.25) is 0 Å². The van der Waals surface area contributed by atoms with Crippen molar-refractivity contribution in [2.45, 2.75) is 39.0 Å². The highest BCUT2D eigenvalue weighted by Crippen LogP contribution is 2.47. The molecule has 0 aliphatic heterocycles. The van der Waals surface area contributed by atoms with Gasteiger partial charge in [-0.2, -0.15) is 0 Å². The monoisotopic (exact) mass is 203 g/mol. The van der Waals surface area contributed by atoms with Gasteiger partial charge in [0.2, 0.25) is 0 Å². The van der Waals surface area contributed by atoms with E-state index in [-0.39, 0.29) is 0 Å². The van der Waals surface area contributed by atoms with Crippen LogP contribution in [0.15, 0.2) is 24.3 Å². The molecule has 2 rings (SSSR count). The second-order valence-corrected chi connectivity index (χ2v) is 5.28. The molecule has 15 heavy (non-hydrogen) atoms. The zero-order valence-electron chi connectivity index (χ0n) is 9.79. The van der Waals surface area contributed by atoms with Crippen LogP contribution in [0, 0.1) is 5.41 Å². The van der Waals surface area contributed by atoms with Crippen LogP contribution in [0.1, 0.15) is 43.7 Å². The van der Waals surface area contributed by atoms with Crippen LogP contribution >= 0.6 is 0 Å². The van der Waals surface area contributed by atoms with Crippen LogP contribution in [0.3, 0.4) is 0 Å². The lowest BCUT2D eigenvalue weighted by Crippen LogP contribution is -2.17. The molecule has 0 unspecified atom stereocenters. The van der Waals surface area contributed by atoms with E-state index in [1.807, 2.05) is 0 Å². The molecule has 0 heterocycles. The average molecular weight is 203 g/mol. The average Bonchev–Trinajstić information content (AvgIpc) is 2.99. The fourth-order valence-electron chi connectivity index (χ4n) is 2.08. The summed E-state index contributed by atoms with van der Waals surface area (Å²) in [4.78, 5) is 0. The van der Waals surface area contributed by atoms with Gasteiger partial charge in [0.25, 0.3) is 0 Å². The second-order valence-electron chi connectivity index (χ2n) is 5.28. The van der Waals surface area contributed by atoms with E-state index in [1.54, 1.807) is 0 Å². The minimum absolute atomic E-state index is 0.458. The third-order valence-corrected chi connectivity index (χ3v) is 3.62. The number of rotatable bonds is 4. The Morgan fingerprint density at radius 1 is 1.20 bits per heavy atom. The minimum Gasteiger partial charge on any atom is -0.330 e. The molecule has 1 aliphatic carbocycles. The topological polar surface area (TPSA) is 26.0 Å². The Kier molecular flexibility index (Phi) is 2.83. The number of nitrogens with two attached hydrogens (primary N) is 1. The van der Waals surface area contributed by atoms with E-state index in [2.05, 4.69) is 38.1 Å². The first kappa shape index (κ1) is 10.7. The fourth-order valence-corrected chi connectivity index (χ4v) is 2.08. The standard InChI is InChI=1S/C14H21N/c1-11(2)13-5-3-12(4-6-13)9-14(10-15)7-8-14/h3-6,11H,7-10,15H2,1-2H3. The maximum absolute atomic E-state index is 5.79. The van der Waals surface area contributed by atoms with E-state index >= 15 is 0 Å². The summed E-state index contributed by atoms with van der Waals surface area (Å²) in [6.07, 6.45) is 3.80. The number of hydrogen-bond donors (Lipinski definition) is 1. The zero-order chi connectivity index (χ0) is 10.9. The lowest BCUT2D eigenvalue weighted by molar-refractivity contribution is 0.521. The predicted octanol–water partition coefficient (Wildman–Crippen LogP) is 3.09. The molecule has 2 N–H and O–H groups in total. The number of hydrogen-bond acceptors (Lipinski definition) is 1. The van der Waals surface area contributed by atoms with Gasteiger partial charge in [0.1, 0.15) is 0 Å². The maximum atomic E-state index is 5.79. The highest BCUT2D eigenvalue weighted by atomic mass is 14.6. The van der Waals surface area contributed by atoms with Crippen molar-refractivity contribution < 1.29 is 0 Å². The van der Waals surface area contributed by atoms with E-state index < -0.39 is 0 Å². The largest absolute Gasteiger partial charge is 0.330 e. The third-order valence-electron chi connectivity index (χ3n) is 3.62. The summed E-state index contributed by atoms with van der Waals surface area (Å²) in [6, 6.07) is 9.05. The molecule has 1 nitrogen and oxygen atoms in total. The van der Waals surface area contributed by atoms with Crippen molar-refractivity contribution in [3.8, 4) is 0 Å². The molecule has 0 radical (unpaired) electrons. The van der Waals surface area contributed by atoms with Gasteiger partial charge in [-0.1, -0.05) is 38.1 Å². The van der Waals surface area contributed by atoms with Crippen molar-refractivity contribution in [3.05, 3.63) is 35.4 Å². The van der Waals surface area contributed by atoms with E-state index in [4.69, 9.17) is 5.73 Å². The molecule has 1 aliphatic rings. The summed E-state index contributed by atoms with van der Waals surface area (Å²) in [5.74, 6) is 0.628. The molecule has 0 saturated heterocycles. The molecule has 0 atom stereocenters. The van der Waals surface area contributed by atoms with Crippen LogP contribution in [0.5, 0.6) is 0 Å². The molecule has 1 fully saturated rings. The number of benzene rings is 1. The Morgan fingerprint density at radius 2 is 1.80 bits per heavy atom. The minimum atomic E-state index is 0.458. The van der Waals surface area contributed by atoms with Crippen molar-refractivity contribution >= 4 is 0 Å².